The van der Waals surface area contributed by atoms with Crippen LogP contribution >= 0.6 is 0 Å². The second-order valence-corrected chi connectivity index (χ2v) is 5.05. The second-order valence-electron chi connectivity index (χ2n) is 5.05. The fourth-order valence-corrected chi connectivity index (χ4v) is 2.75. The lowest BCUT2D eigenvalue weighted by Crippen LogP contribution is -2.31. The summed E-state index contributed by atoms with van der Waals surface area (Å²) in [5.41, 5.74) is 0.699. The molecule has 3 atom stereocenters. The number of hydrogen-bond donors (Lipinski definition) is 0. The summed E-state index contributed by atoms with van der Waals surface area (Å²) >= 11 is 0. The number of carbonyl (C=O) groups is 2. The van der Waals surface area contributed by atoms with Crippen LogP contribution in [0.2, 0.25) is 0 Å². The van der Waals surface area contributed by atoms with Crippen LogP contribution in [0.3, 0.4) is 0 Å². The summed E-state index contributed by atoms with van der Waals surface area (Å²) in [6, 6.07) is 5.21. The van der Waals surface area contributed by atoms with Crippen LogP contribution in [0, 0.1) is 11.8 Å². The Morgan fingerprint density at radius 2 is 1.65 bits per heavy atom. The van der Waals surface area contributed by atoms with Crippen molar-refractivity contribution in [3.8, 4) is 11.5 Å². The average Bonchev–Trinajstić information content (AvgIpc) is 3.04. The Labute approximate surface area is 134 Å². The van der Waals surface area contributed by atoms with Crippen molar-refractivity contribution in [2.75, 3.05) is 35.0 Å². The highest BCUT2D eigenvalue weighted by atomic mass is 16.5. The van der Waals surface area contributed by atoms with E-state index in [1.54, 1.807) is 18.2 Å². The van der Waals surface area contributed by atoms with E-state index in [1.807, 2.05) is 0 Å². The highest BCUT2D eigenvalue weighted by Crippen LogP contribution is 2.42. The fraction of sp³-hybridized carbons (Fsp3) is 0.500. The van der Waals surface area contributed by atoms with E-state index in [0.717, 1.165) is 0 Å². The van der Waals surface area contributed by atoms with E-state index in [-0.39, 0.29) is 6.61 Å². The number of carbonyl (C=O) groups excluding carboxylic acids is 2. The summed E-state index contributed by atoms with van der Waals surface area (Å²) in [7, 11) is 5.61. The van der Waals surface area contributed by atoms with Gasteiger partial charge in [-0.1, -0.05) is 6.07 Å². The van der Waals surface area contributed by atoms with E-state index in [0.29, 0.717) is 17.1 Å². The molecule has 23 heavy (non-hydrogen) atoms. The van der Waals surface area contributed by atoms with Gasteiger partial charge in [0.25, 0.3) is 0 Å². The Balaban J connectivity index is 2.37. The molecule has 1 heterocycles. The van der Waals surface area contributed by atoms with Gasteiger partial charge in [-0.05, 0) is 17.7 Å². The van der Waals surface area contributed by atoms with Crippen molar-refractivity contribution in [2.45, 2.75) is 6.10 Å². The smallest absolute Gasteiger partial charge is 0.312 e. The monoisotopic (exact) mass is 324 g/mol. The van der Waals surface area contributed by atoms with Gasteiger partial charge in [0.2, 0.25) is 0 Å². The average molecular weight is 324 g/mol. The van der Waals surface area contributed by atoms with Gasteiger partial charge >= 0.3 is 11.9 Å². The molecule has 0 spiro atoms. The van der Waals surface area contributed by atoms with Gasteiger partial charge in [-0.2, -0.15) is 0 Å². The maximum atomic E-state index is 12.1. The van der Waals surface area contributed by atoms with E-state index >= 15 is 0 Å². The van der Waals surface area contributed by atoms with Crippen LogP contribution in [0.25, 0.3) is 0 Å². The molecule has 2 rings (SSSR count). The van der Waals surface area contributed by atoms with Crippen molar-refractivity contribution in [1.82, 2.24) is 0 Å². The summed E-state index contributed by atoms with van der Waals surface area (Å²) in [4.78, 5) is 24.0. The zero-order valence-electron chi connectivity index (χ0n) is 13.5. The largest absolute Gasteiger partial charge is 0.493 e. The van der Waals surface area contributed by atoms with E-state index in [4.69, 9.17) is 23.7 Å². The quantitative estimate of drug-likeness (QED) is 0.756. The van der Waals surface area contributed by atoms with Crippen LogP contribution in [0.1, 0.15) is 11.7 Å². The molecule has 0 N–H and O–H groups in total. The lowest BCUT2D eigenvalue weighted by atomic mass is 9.87. The SMILES string of the molecule is COC(=O)[C@H]1[C@@H](C(=O)OC)CO[C@H]1c1ccc(OC)c(OC)c1. The number of hydrogen-bond acceptors (Lipinski definition) is 7. The molecule has 1 fully saturated rings. The second kappa shape index (κ2) is 7.32. The van der Waals surface area contributed by atoms with E-state index in [1.165, 1.54) is 28.4 Å². The molecule has 7 heteroatoms. The molecule has 0 saturated carbocycles. The Morgan fingerprint density at radius 3 is 2.22 bits per heavy atom. The molecular formula is C16H20O7. The van der Waals surface area contributed by atoms with Crippen molar-refractivity contribution in [3.05, 3.63) is 23.8 Å². The van der Waals surface area contributed by atoms with Gasteiger partial charge in [0, 0.05) is 0 Å². The van der Waals surface area contributed by atoms with Crippen molar-refractivity contribution in [2.24, 2.45) is 11.8 Å². The molecule has 1 aromatic carbocycles. The lowest BCUT2D eigenvalue weighted by molar-refractivity contribution is -0.156. The predicted molar refractivity (Wildman–Crippen MR) is 79.3 cm³/mol. The first-order valence-electron chi connectivity index (χ1n) is 7.06. The third kappa shape index (κ3) is 3.24. The molecule has 1 aromatic rings. The summed E-state index contributed by atoms with van der Waals surface area (Å²) in [6.45, 7) is 0.0887. The highest BCUT2D eigenvalue weighted by Gasteiger charge is 2.48. The number of rotatable bonds is 5. The molecule has 7 nitrogen and oxygen atoms in total. The van der Waals surface area contributed by atoms with Crippen LogP contribution < -0.4 is 9.47 Å². The molecule has 0 radical (unpaired) electrons. The molecule has 0 unspecified atom stereocenters. The van der Waals surface area contributed by atoms with Gasteiger partial charge in [0.05, 0.1) is 47.1 Å². The number of ether oxygens (including phenoxy) is 5. The lowest BCUT2D eigenvalue weighted by Gasteiger charge is -2.20. The van der Waals surface area contributed by atoms with Crippen LogP contribution in [-0.4, -0.2) is 47.0 Å². The fourth-order valence-electron chi connectivity index (χ4n) is 2.75. The van der Waals surface area contributed by atoms with Gasteiger partial charge in [-0.15, -0.1) is 0 Å². The number of esters is 2. The minimum atomic E-state index is -0.773. The Hall–Kier alpha value is -2.28. The maximum absolute atomic E-state index is 12.1. The van der Waals surface area contributed by atoms with Gasteiger partial charge < -0.3 is 23.7 Å². The summed E-state index contributed by atoms with van der Waals surface area (Å²) in [5.74, 6) is -1.41. The Morgan fingerprint density at radius 1 is 1.00 bits per heavy atom. The van der Waals surface area contributed by atoms with Crippen molar-refractivity contribution < 1.29 is 33.3 Å². The Bertz CT molecular complexity index is 584. The molecule has 126 valence electrons. The Kier molecular flexibility index (Phi) is 5.44. The van der Waals surface area contributed by atoms with E-state index < -0.39 is 29.9 Å². The predicted octanol–water partition coefficient (Wildman–Crippen LogP) is 1.35. The van der Waals surface area contributed by atoms with Crippen molar-refractivity contribution >= 4 is 11.9 Å². The third-order valence-corrected chi connectivity index (χ3v) is 3.93. The molecule has 0 aliphatic carbocycles. The number of methoxy groups -OCH3 is 4. The molecule has 1 saturated heterocycles. The zero-order chi connectivity index (χ0) is 17.0. The molecule has 0 aromatic heterocycles. The first-order chi connectivity index (χ1) is 11.1. The number of benzene rings is 1. The normalized spacial score (nSPS) is 23.2. The third-order valence-electron chi connectivity index (χ3n) is 3.93. The van der Waals surface area contributed by atoms with Crippen LogP contribution in [0.15, 0.2) is 18.2 Å². The topological polar surface area (TPSA) is 80.3 Å². The first-order valence-corrected chi connectivity index (χ1v) is 7.06. The van der Waals surface area contributed by atoms with Crippen LogP contribution in [0.4, 0.5) is 0 Å². The van der Waals surface area contributed by atoms with Crippen molar-refractivity contribution in [1.29, 1.82) is 0 Å². The molecular weight excluding hydrogens is 304 g/mol. The minimum Gasteiger partial charge on any atom is -0.493 e. The van der Waals surface area contributed by atoms with Gasteiger partial charge in [0.1, 0.15) is 5.92 Å². The summed E-state index contributed by atoms with van der Waals surface area (Å²) in [6.07, 6.45) is -0.619. The minimum absolute atomic E-state index is 0.0887. The van der Waals surface area contributed by atoms with Gasteiger partial charge in [0.15, 0.2) is 11.5 Å². The van der Waals surface area contributed by atoms with Gasteiger partial charge in [-0.25, -0.2) is 0 Å². The van der Waals surface area contributed by atoms with Crippen molar-refractivity contribution in [3.63, 3.8) is 0 Å². The maximum Gasteiger partial charge on any atom is 0.312 e. The van der Waals surface area contributed by atoms with Crippen LogP contribution in [-0.2, 0) is 23.8 Å². The zero-order valence-corrected chi connectivity index (χ0v) is 13.5. The van der Waals surface area contributed by atoms with E-state index in [2.05, 4.69) is 0 Å². The van der Waals surface area contributed by atoms with E-state index in [9.17, 15) is 9.59 Å². The summed E-state index contributed by atoms with van der Waals surface area (Å²) in [5, 5.41) is 0. The molecule has 0 bridgehead atoms. The summed E-state index contributed by atoms with van der Waals surface area (Å²) < 4.78 is 25.7. The molecule has 1 aliphatic heterocycles. The van der Waals surface area contributed by atoms with Gasteiger partial charge in [-0.3, -0.25) is 9.59 Å². The molecule has 0 amide bonds. The highest BCUT2D eigenvalue weighted by molar-refractivity contribution is 5.83. The standard InChI is InChI=1S/C16H20O7/c1-19-11-6-5-9(7-12(11)20-2)14-13(16(18)22-4)10(8-23-14)15(17)21-3/h5-7,10,13-14H,8H2,1-4H3/t10-,13-,14-/m0/s1. The first kappa shape index (κ1) is 17.1. The molecule has 1 aliphatic rings. The van der Waals surface area contributed by atoms with Crippen LogP contribution in [0.5, 0.6) is 11.5 Å².